The van der Waals surface area contributed by atoms with Crippen LogP contribution in [-0.2, 0) is 25.6 Å². The number of hydrogen-bond acceptors (Lipinski definition) is 8. The van der Waals surface area contributed by atoms with Gasteiger partial charge in [0, 0.05) is 12.2 Å². The van der Waals surface area contributed by atoms with Crippen molar-refractivity contribution in [2.75, 3.05) is 12.3 Å². The molecule has 0 heterocycles. The second-order valence-corrected chi connectivity index (χ2v) is 8.01. The molecule has 0 aromatic heterocycles. The van der Waals surface area contributed by atoms with E-state index in [1.54, 1.807) is 12.1 Å². The van der Waals surface area contributed by atoms with Crippen LogP contribution in [0.5, 0.6) is 5.75 Å². The normalized spacial score (nSPS) is 14.4. The molecule has 0 saturated heterocycles. The summed E-state index contributed by atoms with van der Waals surface area (Å²) >= 11 is 3.94. The number of nitrogens with two attached hydrogens (primary N) is 2. The summed E-state index contributed by atoms with van der Waals surface area (Å²) in [6.07, 6.45) is 1.50. The molecule has 1 rings (SSSR count). The SMILES string of the molecule is CC(N)C(=O)NC(CCCCN)C(=O)NC(Cc1ccc(O)cc1)C(=O)NC(CS)C(=O)O. The Labute approximate surface area is 198 Å². The van der Waals surface area contributed by atoms with E-state index in [0.717, 1.165) is 0 Å². The Morgan fingerprint density at radius 2 is 1.48 bits per heavy atom. The lowest BCUT2D eigenvalue weighted by atomic mass is 10.0. The van der Waals surface area contributed by atoms with Crippen LogP contribution in [0.4, 0.5) is 0 Å². The van der Waals surface area contributed by atoms with Gasteiger partial charge in [0.15, 0.2) is 0 Å². The first-order valence-corrected chi connectivity index (χ1v) is 11.2. The van der Waals surface area contributed by atoms with Gasteiger partial charge in [0.25, 0.3) is 0 Å². The fraction of sp³-hybridized carbons (Fsp3) is 0.524. The maximum absolute atomic E-state index is 13.0. The predicted octanol–water partition coefficient (Wildman–Crippen LogP) is -1.12. The van der Waals surface area contributed by atoms with Crippen LogP contribution in [0.1, 0.15) is 31.7 Å². The van der Waals surface area contributed by atoms with Crippen molar-refractivity contribution in [3.05, 3.63) is 29.8 Å². The van der Waals surface area contributed by atoms with Gasteiger partial charge in [-0.15, -0.1) is 0 Å². The van der Waals surface area contributed by atoms with Crippen molar-refractivity contribution in [2.45, 2.75) is 56.8 Å². The van der Waals surface area contributed by atoms with E-state index in [4.69, 9.17) is 11.5 Å². The number of amides is 3. The van der Waals surface area contributed by atoms with Crippen molar-refractivity contribution in [1.29, 1.82) is 0 Å². The molecule has 0 radical (unpaired) electrons. The molecule has 0 spiro atoms. The zero-order chi connectivity index (χ0) is 25.0. The number of thiol groups is 1. The molecule has 12 heteroatoms. The van der Waals surface area contributed by atoms with E-state index in [1.165, 1.54) is 19.1 Å². The zero-order valence-electron chi connectivity index (χ0n) is 18.5. The number of nitrogens with one attached hydrogen (secondary N) is 3. The Kier molecular flexibility index (Phi) is 12.3. The molecule has 4 unspecified atom stereocenters. The van der Waals surface area contributed by atoms with Gasteiger partial charge in [-0.1, -0.05) is 12.1 Å². The van der Waals surface area contributed by atoms with Gasteiger partial charge < -0.3 is 37.6 Å². The van der Waals surface area contributed by atoms with Crippen LogP contribution < -0.4 is 27.4 Å². The Balaban J connectivity index is 3.07. The Morgan fingerprint density at radius 1 is 0.939 bits per heavy atom. The summed E-state index contributed by atoms with van der Waals surface area (Å²) in [7, 11) is 0. The first-order chi connectivity index (χ1) is 15.6. The smallest absolute Gasteiger partial charge is 0.327 e. The highest BCUT2D eigenvalue weighted by molar-refractivity contribution is 7.80. The number of carboxylic acids is 1. The monoisotopic (exact) mass is 483 g/mol. The van der Waals surface area contributed by atoms with Crippen molar-refractivity contribution in [3.63, 3.8) is 0 Å². The molecule has 3 amide bonds. The van der Waals surface area contributed by atoms with E-state index >= 15 is 0 Å². The van der Waals surface area contributed by atoms with Gasteiger partial charge in [0.1, 0.15) is 23.9 Å². The summed E-state index contributed by atoms with van der Waals surface area (Å²) in [5.41, 5.74) is 11.7. The molecule has 11 nitrogen and oxygen atoms in total. The van der Waals surface area contributed by atoms with Crippen LogP contribution >= 0.6 is 12.6 Å². The minimum atomic E-state index is -1.27. The van der Waals surface area contributed by atoms with Gasteiger partial charge in [-0.05, 0) is 50.4 Å². The summed E-state index contributed by atoms with van der Waals surface area (Å²) in [4.78, 5) is 49.2. The largest absolute Gasteiger partial charge is 0.508 e. The van der Waals surface area contributed by atoms with Crippen LogP contribution in [0.25, 0.3) is 0 Å². The van der Waals surface area contributed by atoms with Crippen molar-refractivity contribution < 1.29 is 29.4 Å². The summed E-state index contributed by atoms with van der Waals surface area (Å²) in [5, 5.41) is 26.2. The number of phenolic OH excluding ortho intramolecular Hbond substituents is 1. The van der Waals surface area contributed by atoms with Crippen LogP contribution in [0.15, 0.2) is 24.3 Å². The number of carboxylic acid groups (broad SMARTS) is 1. The molecule has 9 N–H and O–H groups in total. The highest BCUT2D eigenvalue weighted by atomic mass is 32.1. The zero-order valence-corrected chi connectivity index (χ0v) is 19.4. The lowest BCUT2D eigenvalue weighted by molar-refractivity contribution is -0.141. The average Bonchev–Trinajstić information content (AvgIpc) is 2.77. The standard InChI is InChI=1S/C21H33N5O6S/c1-12(23)18(28)24-15(4-2-3-9-22)19(29)25-16(10-13-5-7-14(27)8-6-13)20(30)26-17(11-33)21(31)32/h5-8,12,15-17,27,33H,2-4,9-11,22-23H2,1H3,(H,24,28)(H,25,29)(H,26,30)(H,31,32). The molecule has 0 bridgehead atoms. The first-order valence-electron chi connectivity index (χ1n) is 10.6. The number of hydrogen-bond donors (Lipinski definition) is 8. The molecule has 0 aliphatic heterocycles. The molecule has 0 aliphatic carbocycles. The lowest BCUT2D eigenvalue weighted by Crippen LogP contribution is -2.57. The molecular formula is C21H33N5O6S. The number of unbranched alkanes of at least 4 members (excludes halogenated alkanes) is 1. The molecular weight excluding hydrogens is 450 g/mol. The Morgan fingerprint density at radius 3 is 2.00 bits per heavy atom. The third-order valence-electron chi connectivity index (χ3n) is 4.80. The predicted molar refractivity (Wildman–Crippen MR) is 126 cm³/mol. The Bertz CT molecular complexity index is 805. The molecule has 0 fully saturated rings. The highest BCUT2D eigenvalue weighted by Crippen LogP contribution is 2.12. The molecule has 1 aromatic carbocycles. The third-order valence-corrected chi connectivity index (χ3v) is 5.16. The maximum atomic E-state index is 13.0. The topological polar surface area (TPSA) is 197 Å². The van der Waals surface area contributed by atoms with Gasteiger partial charge in [0.05, 0.1) is 6.04 Å². The van der Waals surface area contributed by atoms with E-state index in [0.29, 0.717) is 24.9 Å². The van der Waals surface area contributed by atoms with Gasteiger partial charge in [-0.25, -0.2) is 4.79 Å². The second kappa shape index (κ2) is 14.3. The van der Waals surface area contributed by atoms with Crippen LogP contribution in [0.3, 0.4) is 0 Å². The second-order valence-electron chi connectivity index (χ2n) is 7.65. The lowest BCUT2D eigenvalue weighted by Gasteiger charge is -2.25. The fourth-order valence-electron chi connectivity index (χ4n) is 2.87. The van der Waals surface area contributed by atoms with E-state index in [-0.39, 0.29) is 24.3 Å². The van der Waals surface area contributed by atoms with Gasteiger partial charge >= 0.3 is 5.97 Å². The summed E-state index contributed by atoms with van der Waals surface area (Å²) in [5.74, 6) is -3.24. The molecule has 0 aliphatic rings. The quantitative estimate of drug-likeness (QED) is 0.120. The highest BCUT2D eigenvalue weighted by Gasteiger charge is 2.29. The van der Waals surface area contributed by atoms with Crippen LogP contribution in [-0.4, -0.2) is 70.4 Å². The molecule has 33 heavy (non-hydrogen) atoms. The van der Waals surface area contributed by atoms with Crippen molar-refractivity contribution in [3.8, 4) is 5.75 Å². The number of aromatic hydroxyl groups is 1. The van der Waals surface area contributed by atoms with E-state index < -0.39 is 47.9 Å². The molecule has 4 atom stereocenters. The number of rotatable bonds is 14. The first kappa shape index (κ1) is 28.2. The number of carbonyl (C=O) groups is 4. The van der Waals surface area contributed by atoms with Crippen molar-refractivity contribution in [2.24, 2.45) is 11.5 Å². The minimum absolute atomic E-state index is 0.0214. The van der Waals surface area contributed by atoms with Crippen molar-refractivity contribution in [1.82, 2.24) is 16.0 Å². The van der Waals surface area contributed by atoms with E-state index in [2.05, 4.69) is 28.6 Å². The number of phenols is 1. The molecule has 1 aromatic rings. The number of benzene rings is 1. The van der Waals surface area contributed by atoms with Gasteiger partial charge in [-0.3, -0.25) is 14.4 Å². The summed E-state index contributed by atoms with van der Waals surface area (Å²) in [6, 6.07) is 1.82. The fourth-order valence-corrected chi connectivity index (χ4v) is 3.12. The van der Waals surface area contributed by atoms with Crippen molar-refractivity contribution >= 4 is 36.3 Å². The number of carbonyl (C=O) groups excluding carboxylic acids is 3. The average molecular weight is 484 g/mol. The summed E-state index contributed by atoms with van der Waals surface area (Å²) < 4.78 is 0. The molecule has 184 valence electrons. The molecule has 0 saturated carbocycles. The van der Waals surface area contributed by atoms with E-state index in [1.807, 2.05) is 0 Å². The summed E-state index contributed by atoms with van der Waals surface area (Å²) in [6.45, 7) is 1.90. The minimum Gasteiger partial charge on any atom is -0.508 e. The van der Waals surface area contributed by atoms with Crippen LogP contribution in [0.2, 0.25) is 0 Å². The van der Waals surface area contributed by atoms with Gasteiger partial charge in [-0.2, -0.15) is 12.6 Å². The maximum Gasteiger partial charge on any atom is 0.327 e. The van der Waals surface area contributed by atoms with E-state index in [9.17, 15) is 29.4 Å². The Hall–Kier alpha value is -2.83. The number of aliphatic carboxylic acids is 1. The third kappa shape index (κ3) is 10.1. The van der Waals surface area contributed by atoms with Gasteiger partial charge in [0.2, 0.25) is 17.7 Å². The van der Waals surface area contributed by atoms with Crippen LogP contribution in [0, 0.1) is 0 Å².